The molecule has 8 heteroatoms. The number of amides is 1. The Kier molecular flexibility index (Phi) is 3.88. The average Bonchev–Trinajstić information content (AvgIpc) is 3.22. The third-order valence-corrected chi connectivity index (χ3v) is 6.80. The van der Waals surface area contributed by atoms with Crippen molar-refractivity contribution in [3.8, 4) is 5.69 Å². The number of para-hydroxylation sites is 1. The highest BCUT2D eigenvalue weighted by molar-refractivity contribution is 7.91. The number of carbonyl (C=O) groups is 1. The Morgan fingerprint density at radius 2 is 1.88 bits per heavy atom. The van der Waals surface area contributed by atoms with Crippen molar-refractivity contribution in [3.05, 3.63) is 48.3 Å². The van der Waals surface area contributed by atoms with Crippen molar-refractivity contribution in [2.75, 3.05) is 31.6 Å². The molecule has 2 saturated heterocycles. The fourth-order valence-corrected chi connectivity index (χ4v) is 5.85. The Bertz CT molecular complexity index is 894. The number of rotatable bonds is 2. The van der Waals surface area contributed by atoms with E-state index >= 15 is 0 Å². The second-order valence-electron chi connectivity index (χ2n) is 6.66. The van der Waals surface area contributed by atoms with Gasteiger partial charge in [0.2, 0.25) is 0 Å². The number of carbonyl (C=O) groups excluding carboxylic acids is 1. The first-order valence-electron chi connectivity index (χ1n) is 8.27. The lowest BCUT2D eigenvalue weighted by atomic mass is 10.0. The van der Waals surface area contributed by atoms with Gasteiger partial charge >= 0.3 is 0 Å². The van der Waals surface area contributed by atoms with Gasteiger partial charge in [-0.2, -0.15) is 5.10 Å². The van der Waals surface area contributed by atoms with Gasteiger partial charge in [0.15, 0.2) is 9.84 Å². The summed E-state index contributed by atoms with van der Waals surface area (Å²) in [7, 11) is -1.19. The summed E-state index contributed by atoms with van der Waals surface area (Å²) in [5, 5.41) is 4.22. The first kappa shape index (κ1) is 16.3. The van der Waals surface area contributed by atoms with Gasteiger partial charge in [0.1, 0.15) is 0 Å². The lowest BCUT2D eigenvalue weighted by molar-refractivity contribution is 0.0410. The van der Waals surface area contributed by atoms with E-state index < -0.39 is 9.84 Å². The summed E-state index contributed by atoms with van der Waals surface area (Å²) < 4.78 is 25.9. The number of fused-ring (bicyclic) bond motifs is 1. The van der Waals surface area contributed by atoms with Crippen molar-refractivity contribution in [2.45, 2.75) is 12.1 Å². The van der Waals surface area contributed by atoms with Crippen LogP contribution in [0, 0.1) is 0 Å². The van der Waals surface area contributed by atoms with E-state index in [9.17, 15) is 13.2 Å². The number of benzene rings is 1. The number of aromatic nitrogens is 2. The van der Waals surface area contributed by atoms with E-state index in [1.54, 1.807) is 34.1 Å². The number of piperazine rings is 1. The van der Waals surface area contributed by atoms with Crippen molar-refractivity contribution in [2.24, 2.45) is 0 Å². The molecule has 4 rings (SSSR count). The van der Waals surface area contributed by atoms with Gasteiger partial charge in [0, 0.05) is 31.5 Å². The normalized spacial score (nSPS) is 25.7. The molecule has 0 bridgehead atoms. The maximum absolute atomic E-state index is 13.2. The monoisotopic (exact) mass is 360 g/mol. The molecule has 3 heterocycles. The Labute approximate surface area is 146 Å². The van der Waals surface area contributed by atoms with Gasteiger partial charge in [-0.15, -0.1) is 0 Å². The molecule has 0 unspecified atom stereocenters. The Balaban J connectivity index is 1.70. The third kappa shape index (κ3) is 2.85. The van der Waals surface area contributed by atoms with E-state index in [-0.39, 0.29) is 29.5 Å². The van der Waals surface area contributed by atoms with E-state index in [0.29, 0.717) is 24.3 Å². The minimum atomic E-state index is -3.12. The van der Waals surface area contributed by atoms with Crippen LogP contribution in [0.2, 0.25) is 0 Å². The standard InChI is InChI=1S/C17H20N4O3S/c1-19-9-10-20(16-12-25(23,24)11-15(16)19)17(22)13-5-2-3-6-14(13)21-8-4-7-18-21/h2-8,15-16H,9-12H2,1H3/t15-,16+/m0/s1. The van der Waals surface area contributed by atoms with Crippen LogP contribution in [0.3, 0.4) is 0 Å². The number of sulfone groups is 1. The molecule has 2 aliphatic heterocycles. The lowest BCUT2D eigenvalue weighted by Crippen LogP contribution is -2.59. The fraction of sp³-hybridized carbons (Fsp3) is 0.412. The van der Waals surface area contributed by atoms with Gasteiger partial charge in [-0.3, -0.25) is 9.69 Å². The molecule has 0 saturated carbocycles. The molecular formula is C17H20N4O3S. The van der Waals surface area contributed by atoms with Gasteiger partial charge in [0.25, 0.3) is 5.91 Å². The number of nitrogens with zero attached hydrogens (tertiary/aromatic N) is 4. The van der Waals surface area contributed by atoms with Gasteiger partial charge < -0.3 is 4.90 Å². The van der Waals surface area contributed by atoms with Crippen molar-refractivity contribution >= 4 is 15.7 Å². The second kappa shape index (κ2) is 5.96. The van der Waals surface area contributed by atoms with E-state index in [1.807, 2.05) is 25.2 Å². The lowest BCUT2D eigenvalue weighted by Gasteiger charge is -2.42. The maximum Gasteiger partial charge on any atom is 0.256 e. The number of hydrogen-bond acceptors (Lipinski definition) is 5. The van der Waals surface area contributed by atoms with Gasteiger partial charge in [-0.05, 0) is 25.2 Å². The molecular weight excluding hydrogens is 340 g/mol. The average molecular weight is 360 g/mol. The first-order valence-corrected chi connectivity index (χ1v) is 10.1. The molecule has 1 aromatic heterocycles. The molecule has 2 aromatic rings. The summed E-state index contributed by atoms with van der Waals surface area (Å²) in [5.41, 5.74) is 1.24. The molecule has 0 aliphatic carbocycles. The molecule has 0 spiro atoms. The molecule has 1 amide bonds. The highest BCUT2D eigenvalue weighted by atomic mass is 32.2. The smallest absolute Gasteiger partial charge is 0.256 e. The van der Waals surface area contributed by atoms with Crippen LogP contribution < -0.4 is 0 Å². The van der Waals surface area contributed by atoms with Crippen LogP contribution in [0.4, 0.5) is 0 Å². The molecule has 25 heavy (non-hydrogen) atoms. The Morgan fingerprint density at radius 3 is 2.64 bits per heavy atom. The minimum Gasteiger partial charge on any atom is -0.332 e. The topological polar surface area (TPSA) is 75.5 Å². The van der Waals surface area contributed by atoms with E-state index in [4.69, 9.17) is 0 Å². The van der Waals surface area contributed by atoms with Crippen molar-refractivity contribution in [1.29, 1.82) is 0 Å². The summed E-state index contributed by atoms with van der Waals surface area (Å²) in [6.45, 7) is 1.20. The Hall–Kier alpha value is -2.19. The van der Waals surface area contributed by atoms with Crippen LogP contribution >= 0.6 is 0 Å². The number of hydrogen-bond donors (Lipinski definition) is 0. The zero-order valence-electron chi connectivity index (χ0n) is 13.9. The highest BCUT2D eigenvalue weighted by Gasteiger charge is 2.47. The highest BCUT2D eigenvalue weighted by Crippen LogP contribution is 2.28. The maximum atomic E-state index is 13.2. The summed E-state index contributed by atoms with van der Waals surface area (Å²) in [4.78, 5) is 17.0. The molecule has 0 N–H and O–H groups in total. The fourth-order valence-electron chi connectivity index (χ4n) is 3.80. The zero-order valence-corrected chi connectivity index (χ0v) is 14.8. The predicted molar refractivity (Wildman–Crippen MR) is 93.5 cm³/mol. The molecule has 2 fully saturated rings. The van der Waals surface area contributed by atoms with Crippen LogP contribution in [-0.2, 0) is 9.84 Å². The molecule has 2 aliphatic rings. The van der Waals surface area contributed by atoms with Gasteiger partial charge in [0.05, 0.1) is 28.8 Å². The molecule has 0 radical (unpaired) electrons. The molecule has 2 atom stereocenters. The summed E-state index contributed by atoms with van der Waals surface area (Å²) in [6, 6.07) is 8.69. The van der Waals surface area contributed by atoms with Crippen LogP contribution in [0.1, 0.15) is 10.4 Å². The van der Waals surface area contributed by atoms with Gasteiger partial charge in [-0.1, -0.05) is 12.1 Å². The molecule has 132 valence electrons. The summed E-state index contributed by atoms with van der Waals surface area (Å²) in [5.74, 6) is 0.0301. The summed E-state index contributed by atoms with van der Waals surface area (Å²) in [6.07, 6.45) is 3.45. The zero-order chi connectivity index (χ0) is 17.6. The predicted octanol–water partition coefficient (Wildman–Crippen LogP) is 0.426. The second-order valence-corrected chi connectivity index (χ2v) is 8.81. The van der Waals surface area contributed by atoms with Crippen molar-refractivity contribution < 1.29 is 13.2 Å². The molecule has 1 aromatic carbocycles. The van der Waals surface area contributed by atoms with E-state index in [1.165, 1.54) is 0 Å². The molecule has 7 nitrogen and oxygen atoms in total. The first-order chi connectivity index (χ1) is 12.0. The van der Waals surface area contributed by atoms with Crippen LogP contribution in [0.15, 0.2) is 42.7 Å². The summed E-state index contributed by atoms with van der Waals surface area (Å²) >= 11 is 0. The van der Waals surface area contributed by atoms with Crippen molar-refractivity contribution in [3.63, 3.8) is 0 Å². The van der Waals surface area contributed by atoms with E-state index in [0.717, 1.165) is 0 Å². The number of likely N-dealkylation sites (N-methyl/N-ethyl adjacent to an activating group) is 1. The van der Waals surface area contributed by atoms with Crippen LogP contribution in [-0.4, -0.2) is 77.6 Å². The SMILES string of the molecule is CN1CCN(C(=O)c2ccccc2-n2cccn2)[C@@H]2CS(=O)(=O)C[C@@H]21. The minimum absolute atomic E-state index is 0.0394. The quantitative estimate of drug-likeness (QED) is 0.776. The van der Waals surface area contributed by atoms with Gasteiger partial charge in [-0.25, -0.2) is 13.1 Å². The third-order valence-electron chi connectivity index (χ3n) is 5.10. The largest absolute Gasteiger partial charge is 0.332 e. The van der Waals surface area contributed by atoms with Crippen LogP contribution in [0.5, 0.6) is 0 Å². The van der Waals surface area contributed by atoms with E-state index in [2.05, 4.69) is 10.00 Å². The van der Waals surface area contributed by atoms with Crippen molar-refractivity contribution in [1.82, 2.24) is 19.6 Å². The Morgan fingerprint density at radius 1 is 1.12 bits per heavy atom. The van der Waals surface area contributed by atoms with Crippen LogP contribution in [0.25, 0.3) is 5.69 Å².